The van der Waals surface area contributed by atoms with Crippen molar-refractivity contribution in [1.82, 2.24) is 34.6 Å². The summed E-state index contributed by atoms with van der Waals surface area (Å²) in [6.45, 7) is 7.36. The van der Waals surface area contributed by atoms with E-state index in [1.54, 1.807) is 16.8 Å². The van der Waals surface area contributed by atoms with Gasteiger partial charge in [-0.1, -0.05) is 56.6 Å². The molecule has 2 aliphatic rings. The number of rotatable bonds is 11. The Labute approximate surface area is 302 Å². The molecule has 7 rings (SSSR count). The molecule has 0 saturated carbocycles. The molecule has 1 fully saturated rings. The molecule has 0 spiro atoms. The summed E-state index contributed by atoms with van der Waals surface area (Å²) in [7, 11) is 2.13. The number of benzene rings is 2. The van der Waals surface area contributed by atoms with Gasteiger partial charge in [-0.05, 0) is 74.7 Å². The van der Waals surface area contributed by atoms with Crippen LogP contribution in [0.1, 0.15) is 87.3 Å². The SMILES string of the molecule is CN1CCC[C@H]1c1nnc2ccc(O[C@@H]3CC[C@H](NC(=O)CNc4cc(C(C)(C)C)nn4-c4ccc(Cl)c(OCCO)c4)c4ccccc43)cn12. The van der Waals surface area contributed by atoms with Gasteiger partial charge >= 0.3 is 0 Å². The molecule has 1 aliphatic carbocycles. The quantitative estimate of drug-likeness (QED) is 0.147. The summed E-state index contributed by atoms with van der Waals surface area (Å²) in [5.74, 6) is 2.67. The second kappa shape index (κ2) is 14.5. The number of nitrogens with zero attached hydrogens (tertiary/aromatic N) is 6. The minimum atomic E-state index is -0.229. The normalized spacial score (nSPS) is 19.2. The Morgan fingerprint density at radius 1 is 1.04 bits per heavy atom. The van der Waals surface area contributed by atoms with Crippen molar-refractivity contribution in [2.24, 2.45) is 0 Å². The Morgan fingerprint density at radius 2 is 1.86 bits per heavy atom. The molecule has 13 heteroatoms. The van der Waals surface area contributed by atoms with E-state index in [2.05, 4.69) is 70.1 Å². The number of aromatic nitrogens is 5. The number of halogens is 1. The summed E-state index contributed by atoms with van der Waals surface area (Å²) < 4.78 is 16.1. The number of carbonyl (C=O) groups is 1. The lowest BCUT2D eigenvalue weighted by Gasteiger charge is -2.32. The van der Waals surface area contributed by atoms with E-state index >= 15 is 0 Å². The van der Waals surface area contributed by atoms with Gasteiger partial charge in [0.05, 0.1) is 47.8 Å². The smallest absolute Gasteiger partial charge is 0.239 e. The summed E-state index contributed by atoms with van der Waals surface area (Å²) in [6.07, 6.45) is 5.53. The second-order valence-corrected chi connectivity index (χ2v) is 14.7. The molecule has 51 heavy (non-hydrogen) atoms. The highest BCUT2D eigenvalue weighted by molar-refractivity contribution is 6.32. The minimum Gasteiger partial charge on any atom is -0.490 e. The molecule has 268 valence electrons. The fourth-order valence-electron chi connectivity index (χ4n) is 6.99. The van der Waals surface area contributed by atoms with Gasteiger partial charge in [-0.25, -0.2) is 4.68 Å². The van der Waals surface area contributed by atoms with Crippen LogP contribution >= 0.6 is 11.6 Å². The first-order chi connectivity index (χ1) is 24.6. The van der Waals surface area contributed by atoms with Crippen molar-refractivity contribution in [2.75, 3.05) is 38.7 Å². The van der Waals surface area contributed by atoms with Crippen molar-refractivity contribution in [1.29, 1.82) is 0 Å². The molecule has 3 atom stereocenters. The molecule has 0 unspecified atom stereocenters. The zero-order chi connectivity index (χ0) is 35.7. The van der Waals surface area contributed by atoms with Crippen molar-refractivity contribution >= 4 is 29.0 Å². The number of hydrogen-bond donors (Lipinski definition) is 3. The molecular formula is C38H45ClN8O4. The van der Waals surface area contributed by atoms with Crippen LogP contribution in [0, 0.1) is 0 Å². The van der Waals surface area contributed by atoms with E-state index in [0.29, 0.717) is 22.3 Å². The van der Waals surface area contributed by atoms with Crippen molar-refractivity contribution in [3.8, 4) is 17.2 Å². The maximum absolute atomic E-state index is 13.5. The lowest BCUT2D eigenvalue weighted by molar-refractivity contribution is -0.120. The standard InChI is InChI=1S/C38H45ClN8O4/c1-38(2,3)33-21-35(47(44-33)24-11-13-28(39)32(20-24)50-19-18-48)40-22-36(49)41-29-14-15-31(27-9-6-5-8-26(27)29)51-25-12-16-34-42-43-37(46(34)23-25)30-10-7-17-45(30)4/h5-6,8-9,11-13,16,20-21,23,29-31,40,48H,7,10,14-15,17-19,22H2,1-4H3,(H,41,49)/t29-,30-,31+/m0/s1. The zero-order valence-corrected chi connectivity index (χ0v) is 30.2. The first-order valence-corrected chi connectivity index (χ1v) is 17.9. The van der Waals surface area contributed by atoms with Gasteiger partial charge in [-0.2, -0.15) is 5.10 Å². The van der Waals surface area contributed by atoms with Crippen LogP contribution in [0.15, 0.2) is 66.9 Å². The lowest BCUT2D eigenvalue weighted by Crippen LogP contribution is -2.36. The lowest BCUT2D eigenvalue weighted by atomic mass is 9.85. The van der Waals surface area contributed by atoms with Gasteiger partial charge < -0.3 is 25.2 Å². The van der Waals surface area contributed by atoms with E-state index < -0.39 is 0 Å². The van der Waals surface area contributed by atoms with Gasteiger partial charge in [0.1, 0.15) is 30.0 Å². The van der Waals surface area contributed by atoms with E-state index in [9.17, 15) is 9.90 Å². The largest absolute Gasteiger partial charge is 0.490 e. The molecule has 1 aliphatic heterocycles. The van der Waals surface area contributed by atoms with E-state index in [1.807, 2.05) is 42.6 Å². The summed E-state index contributed by atoms with van der Waals surface area (Å²) >= 11 is 6.35. The van der Waals surface area contributed by atoms with E-state index in [4.69, 9.17) is 26.2 Å². The number of hydrogen-bond acceptors (Lipinski definition) is 9. The van der Waals surface area contributed by atoms with Crippen LogP contribution in [0.2, 0.25) is 5.02 Å². The highest BCUT2D eigenvalue weighted by Crippen LogP contribution is 2.39. The number of likely N-dealkylation sites (tertiary alicyclic amines) is 1. The number of nitrogens with one attached hydrogen (secondary N) is 2. The minimum absolute atomic E-state index is 0.0484. The Bertz CT molecular complexity index is 2020. The van der Waals surface area contributed by atoms with E-state index in [-0.39, 0.29) is 49.3 Å². The first-order valence-electron chi connectivity index (χ1n) is 17.6. The van der Waals surface area contributed by atoms with Gasteiger partial charge in [0.25, 0.3) is 0 Å². The molecular weight excluding hydrogens is 668 g/mol. The number of carbonyl (C=O) groups excluding carboxylic acids is 1. The van der Waals surface area contributed by atoms with Crippen LogP contribution in [-0.2, 0) is 10.2 Å². The van der Waals surface area contributed by atoms with Crippen molar-refractivity contribution in [2.45, 2.75) is 70.1 Å². The molecule has 4 heterocycles. The predicted octanol–water partition coefficient (Wildman–Crippen LogP) is 6.19. The van der Waals surface area contributed by atoms with Crippen LogP contribution in [0.3, 0.4) is 0 Å². The van der Waals surface area contributed by atoms with E-state index in [1.165, 1.54) is 0 Å². The number of aliphatic hydroxyl groups is 1. The Balaban J connectivity index is 1.05. The van der Waals surface area contributed by atoms with Crippen molar-refractivity contribution < 1.29 is 19.4 Å². The predicted molar refractivity (Wildman–Crippen MR) is 196 cm³/mol. The molecule has 1 amide bonds. The topological polar surface area (TPSA) is 131 Å². The molecule has 3 aromatic heterocycles. The third-order valence-corrected chi connectivity index (χ3v) is 10.00. The van der Waals surface area contributed by atoms with Gasteiger partial charge in [0.2, 0.25) is 5.91 Å². The summed E-state index contributed by atoms with van der Waals surface area (Å²) in [5, 5.41) is 30.0. The summed E-state index contributed by atoms with van der Waals surface area (Å²) in [5.41, 5.74) is 4.27. The zero-order valence-electron chi connectivity index (χ0n) is 29.5. The van der Waals surface area contributed by atoms with Gasteiger partial charge in [0, 0.05) is 17.5 Å². The number of ether oxygens (including phenoxy) is 2. The monoisotopic (exact) mass is 712 g/mol. The molecule has 1 saturated heterocycles. The third kappa shape index (κ3) is 7.40. The van der Waals surface area contributed by atoms with Crippen LogP contribution in [0.5, 0.6) is 11.5 Å². The van der Waals surface area contributed by atoms with Crippen LogP contribution in [0.25, 0.3) is 11.3 Å². The molecule has 2 aromatic carbocycles. The van der Waals surface area contributed by atoms with E-state index in [0.717, 1.165) is 66.3 Å². The molecule has 0 bridgehead atoms. The highest BCUT2D eigenvalue weighted by atomic mass is 35.5. The molecule has 5 aromatic rings. The number of anilines is 1. The first kappa shape index (κ1) is 34.8. The maximum Gasteiger partial charge on any atom is 0.239 e. The summed E-state index contributed by atoms with van der Waals surface area (Å²) in [4.78, 5) is 15.8. The van der Waals surface area contributed by atoms with Crippen molar-refractivity contribution in [3.63, 3.8) is 0 Å². The highest BCUT2D eigenvalue weighted by Gasteiger charge is 2.31. The number of amides is 1. The van der Waals surface area contributed by atoms with Gasteiger partial charge in [0.15, 0.2) is 11.5 Å². The second-order valence-electron chi connectivity index (χ2n) is 14.3. The number of aliphatic hydroxyl groups excluding tert-OH is 1. The van der Waals surface area contributed by atoms with Gasteiger partial charge in [-0.15, -0.1) is 10.2 Å². The maximum atomic E-state index is 13.5. The number of pyridine rings is 1. The van der Waals surface area contributed by atoms with Crippen molar-refractivity contribution in [3.05, 3.63) is 94.5 Å². The Hall–Kier alpha value is -4.65. The molecule has 0 radical (unpaired) electrons. The van der Waals surface area contributed by atoms with Crippen LogP contribution in [-0.4, -0.2) is 73.6 Å². The Kier molecular flexibility index (Phi) is 9.91. The fraction of sp³-hybridized carbons (Fsp3) is 0.421. The average Bonchev–Trinajstić information content (AvgIpc) is 3.86. The third-order valence-electron chi connectivity index (χ3n) is 9.69. The van der Waals surface area contributed by atoms with Crippen LogP contribution < -0.4 is 20.1 Å². The molecule has 3 N–H and O–H groups in total. The summed E-state index contributed by atoms with van der Waals surface area (Å²) in [6, 6.07) is 19.5. The molecule has 12 nitrogen and oxygen atoms in total. The van der Waals surface area contributed by atoms with Crippen LogP contribution in [0.4, 0.5) is 5.82 Å². The van der Waals surface area contributed by atoms with Gasteiger partial charge in [-0.3, -0.25) is 14.1 Å². The Morgan fingerprint density at radius 3 is 2.63 bits per heavy atom. The number of fused-ring (bicyclic) bond motifs is 2. The fourth-order valence-corrected chi connectivity index (χ4v) is 7.16. The average molecular weight is 713 g/mol.